The van der Waals surface area contributed by atoms with Crippen LogP contribution in [-0.2, 0) is 11.8 Å². The van der Waals surface area contributed by atoms with Crippen molar-refractivity contribution in [2.24, 2.45) is 0 Å². The maximum atomic E-state index is 12.2. The van der Waals surface area contributed by atoms with Gasteiger partial charge in [-0.2, -0.15) is 0 Å². The Balaban J connectivity index is 3.04. The van der Waals surface area contributed by atoms with Crippen LogP contribution in [0.4, 0.5) is 4.39 Å². The van der Waals surface area contributed by atoms with Gasteiger partial charge >= 0.3 is 0 Å². The van der Waals surface area contributed by atoms with Gasteiger partial charge in [0.1, 0.15) is 4.60 Å². The van der Waals surface area contributed by atoms with E-state index < -0.39 is 0 Å². The van der Waals surface area contributed by atoms with E-state index in [0.717, 1.165) is 22.3 Å². The van der Waals surface area contributed by atoms with Gasteiger partial charge in [0.05, 0.1) is 12.4 Å². The Kier molecular flexibility index (Phi) is 4.26. The van der Waals surface area contributed by atoms with E-state index in [1.165, 1.54) is 0 Å². The van der Waals surface area contributed by atoms with Crippen LogP contribution in [0.3, 0.4) is 0 Å². The normalized spacial score (nSPS) is 11.8. The summed E-state index contributed by atoms with van der Waals surface area (Å²) in [4.78, 5) is 4.49. The average molecular weight is 274 g/mol. The zero-order valence-electron chi connectivity index (χ0n) is 9.48. The molecule has 0 aromatic carbocycles. The SMILES string of the molecule is CC(C)(C)c1nc(Br)ccc1CCCF. The summed E-state index contributed by atoms with van der Waals surface area (Å²) in [6, 6.07) is 3.95. The Morgan fingerprint density at radius 2 is 2.00 bits per heavy atom. The highest BCUT2D eigenvalue weighted by atomic mass is 79.9. The molecule has 0 aliphatic rings. The molecular weight excluding hydrogens is 257 g/mol. The Hall–Kier alpha value is -0.440. The molecule has 0 saturated carbocycles. The molecular formula is C12H17BrFN. The largest absolute Gasteiger partial charge is 0.251 e. The van der Waals surface area contributed by atoms with E-state index in [-0.39, 0.29) is 12.1 Å². The molecule has 3 heteroatoms. The van der Waals surface area contributed by atoms with E-state index in [4.69, 9.17) is 0 Å². The van der Waals surface area contributed by atoms with E-state index in [1.54, 1.807) is 0 Å². The van der Waals surface area contributed by atoms with Crippen LogP contribution in [-0.4, -0.2) is 11.7 Å². The second kappa shape index (κ2) is 5.06. The summed E-state index contributed by atoms with van der Waals surface area (Å²) in [6.07, 6.45) is 1.34. The summed E-state index contributed by atoms with van der Waals surface area (Å²) in [5, 5.41) is 0. The highest BCUT2D eigenvalue weighted by Crippen LogP contribution is 2.26. The van der Waals surface area contributed by atoms with Crippen LogP contribution < -0.4 is 0 Å². The molecule has 0 radical (unpaired) electrons. The van der Waals surface area contributed by atoms with Crippen LogP contribution >= 0.6 is 15.9 Å². The van der Waals surface area contributed by atoms with E-state index in [2.05, 4.69) is 41.7 Å². The van der Waals surface area contributed by atoms with Crippen molar-refractivity contribution < 1.29 is 4.39 Å². The Morgan fingerprint density at radius 1 is 1.33 bits per heavy atom. The van der Waals surface area contributed by atoms with E-state index >= 15 is 0 Å². The van der Waals surface area contributed by atoms with Crippen molar-refractivity contribution in [2.75, 3.05) is 6.67 Å². The number of nitrogens with zero attached hydrogens (tertiary/aromatic N) is 1. The maximum absolute atomic E-state index is 12.2. The van der Waals surface area contributed by atoms with Gasteiger partial charge in [0.25, 0.3) is 0 Å². The van der Waals surface area contributed by atoms with Gasteiger partial charge in [0.2, 0.25) is 0 Å². The molecule has 0 aliphatic heterocycles. The molecule has 0 bridgehead atoms. The number of hydrogen-bond acceptors (Lipinski definition) is 1. The second-order valence-corrected chi connectivity index (χ2v) is 5.50. The molecule has 0 saturated heterocycles. The quantitative estimate of drug-likeness (QED) is 0.758. The van der Waals surface area contributed by atoms with Crippen LogP contribution in [0.5, 0.6) is 0 Å². The van der Waals surface area contributed by atoms with Crippen molar-refractivity contribution in [3.8, 4) is 0 Å². The topological polar surface area (TPSA) is 12.9 Å². The van der Waals surface area contributed by atoms with Crippen LogP contribution in [0.15, 0.2) is 16.7 Å². The van der Waals surface area contributed by atoms with Gasteiger partial charge < -0.3 is 0 Å². The average Bonchev–Trinajstić information content (AvgIpc) is 2.14. The first kappa shape index (κ1) is 12.6. The van der Waals surface area contributed by atoms with Gasteiger partial charge in [-0.1, -0.05) is 26.8 Å². The molecule has 0 atom stereocenters. The second-order valence-electron chi connectivity index (χ2n) is 4.68. The van der Waals surface area contributed by atoms with Gasteiger partial charge in [-0.05, 0) is 40.4 Å². The molecule has 15 heavy (non-hydrogen) atoms. The number of pyridine rings is 1. The first-order chi connectivity index (χ1) is 6.95. The first-order valence-electron chi connectivity index (χ1n) is 5.17. The summed E-state index contributed by atoms with van der Waals surface area (Å²) in [5.41, 5.74) is 2.23. The Morgan fingerprint density at radius 3 is 2.53 bits per heavy atom. The molecule has 84 valence electrons. The van der Waals surface area contributed by atoms with Gasteiger partial charge in [-0.15, -0.1) is 0 Å². The molecule has 0 aliphatic carbocycles. The fourth-order valence-corrected chi connectivity index (χ4v) is 1.88. The Labute approximate surface area is 99.2 Å². The van der Waals surface area contributed by atoms with E-state index in [1.807, 2.05) is 12.1 Å². The van der Waals surface area contributed by atoms with E-state index in [0.29, 0.717) is 6.42 Å². The number of halogens is 2. The number of aryl methyl sites for hydroxylation is 1. The smallest absolute Gasteiger partial charge is 0.106 e. The minimum absolute atomic E-state index is 0.00935. The molecule has 0 amide bonds. The molecule has 1 aromatic heterocycles. The third-order valence-corrected chi connectivity index (χ3v) is 2.68. The first-order valence-corrected chi connectivity index (χ1v) is 5.96. The van der Waals surface area contributed by atoms with Crippen LogP contribution in [0, 0.1) is 0 Å². The fraction of sp³-hybridized carbons (Fsp3) is 0.583. The van der Waals surface area contributed by atoms with E-state index in [9.17, 15) is 4.39 Å². The maximum Gasteiger partial charge on any atom is 0.106 e. The summed E-state index contributed by atoms with van der Waals surface area (Å²) in [6.45, 7) is 6.11. The highest BCUT2D eigenvalue weighted by molar-refractivity contribution is 9.10. The Bertz CT molecular complexity index is 331. The lowest BCUT2D eigenvalue weighted by Crippen LogP contribution is -2.17. The lowest BCUT2D eigenvalue weighted by Gasteiger charge is -2.21. The predicted octanol–water partition coefficient (Wildman–Crippen LogP) is 4.04. The monoisotopic (exact) mass is 273 g/mol. The van der Waals surface area contributed by atoms with Crippen LogP contribution in [0.2, 0.25) is 0 Å². The summed E-state index contributed by atoms with van der Waals surface area (Å²) in [7, 11) is 0. The number of alkyl halides is 1. The third kappa shape index (κ3) is 3.56. The van der Waals surface area contributed by atoms with Crippen molar-refractivity contribution >= 4 is 15.9 Å². The molecule has 1 aromatic rings. The van der Waals surface area contributed by atoms with Gasteiger partial charge in [-0.3, -0.25) is 4.39 Å². The molecule has 1 heterocycles. The van der Waals surface area contributed by atoms with Crippen molar-refractivity contribution in [3.05, 3.63) is 28.0 Å². The molecule has 0 spiro atoms. The standard InChI is InChI=1S/C12H17BrFN/c1-12(2,3)11-9(5-4-8-14)6-7-10(13)15-11/h6-7H,4-5,8H2,1-3H3. The summed E-state index contributed by atoms with van der Waals surface area (Å²) >= 11 is 3.37. The molecule has 0 N–H and O–H groups in total. The lowest BCUT2D eigenvalue weighted by molar-refractivity contribution is 0.469. The predicted molar refractivity (Wildman–Crippen MR) is 64.9 cm³/mol. The lowest BCUT2D eigenvalue weighted by atomic mass is 9.87. The highest BCUT2D eigenvalue weighted by Gasteiger charge is 2.19. The number of hydrogen-bond donors (Lipinski definition) is 0. The minimum Gasteiger partial charge on any atom is -0.251 e. The third-order valence-electron chi connectivity index (χ3n) is 2.23. The fourth-order valence-electron chi connectivity index (χ4n) is 1.57. The zero-order valence-corrected chi connectivity index (χ0v) is 11.1. The van der Waals surface area contributed by atoms with Gasteiger partial charge in [0, 0.05) is 5.41 Å². The zero-order chi connectivity index (χ0) is 11.5. The number of rotatable bonds is 3. The van der Waals surface area contributed by atoms with Crippen molar-refractivity contribution in [3.63, 3.8) is 0 Å². The van der Waals surface area contributed by atoms with Crippen LogP contribution in [0.1, 0.15) is 38.4 Å². The molecule has 1 rings (SSSR count). The van der Waals surface area contributed by atoms with Crippen molar-refractivity contribution in [1.82, 2.24) is 4.98 Å². The molecule has 0 fully saturated rings. The summed E-state index contributed by atoms with van der Waals surface area (Å²) in [5.74, 6) is 0. The molecule has 1 nitrogen and oxygen atoms in total. The van der Waals surface area contributed by atoms with Gasteiger partial charge in [-0.25, -0.2) is 4.98 Å². The minimum atomic E-state index is -0.264. The van der Waals surface area contributed by atoms with Crippen molar-refractivity contribution in [2.45, 2.75) is 39.0 Å². The molecule has 0 unspecified atom stereocenters. The number of aromatic nitrogens is 1. The van der Waals surface area contributed by atoms with Crippen molar-refractivity contribution in [1.29, 1.82) is 0 Å². The summed E-state index contributed by atoms with van der Waals surface area (Å²) < 4.78 is 13.0. The van der Waals surface area contributed by atoms with Gasteiger partial charge in [0.15, 0.2) is 0 Å². The van der Waals surface area contributed by atoms with Crippen LogP contribution in [0.25, 0.3) is 0 Å².